The minimum absolute atomic E-state index is 0.175. The average molecular weight is 262 g/mol. The van der Waals surface area contributed by atoms with Gasteiger partial charge in [-0.2, -0.15) is 0 Å². The van der Waals surface area contributed by atoms with Gasteiger partial charge < -0.3 is 19.1 Å². The third-order valence-corrected chi connectivity index (χ3v) is 2.73. The van der Waals surface area contributed by atoms with E-state index in [1.807, 2.05) is 0 Å². The van der Waals surface area contributed by atoms with Crippen molar-refractivity contribution >= 4 is 11.8 Å². The number of carbonyl (C=O) groups is 1. The Morgan fingerprint density at radius 3 is 2.95 bits per heavy atom. The quantitative estimate of drug-likeness (QED) is 0.863. The number of aromatic nitrogens is 1. The first kappa shape index (κ1) is 11.4. The van der Waals surface area contributed by atoms with Gasteiger partial charge in [-0.25, -0.2) is 4.79 Å². The zero-order valence-electron chi connectivity index (χ0n) is 9.97. The molecule has 0 bridgehead atoms. The number of anilines is 1. The monoisotopic (exact) mass is 262 g/mol. The number of hydrogen-bond donors (Lipinski definition) is 2. The molecular formula is C12H10N2O5. The van der Waals surface area contributed by atoms with Gasteiger partial charge in [0.1, 0.15) is 11.4 Å². The molecule has 7 nitrogen and oxygen atoms in total. The van der Waals surface area contributed by atoms with Crippen molar-refractivity contribution in [3.63, 3.8) is 0 Å². The van der Waals surface area contributed by atoms with E-state index < -0.39 is 6.09 Å². The van der Waals surface area contributed by atoms with Crippen LogP contribution in [0, 0.1) is 6.92 Å². The van der Waals surface area contributed by atoms with Crippen LogP contribution < -0.4 is 14.8 Å². The summed E-state index contributed by atoms with van der Waals surface area (Å²) in [5.41, 5.74) is 1.45. The topological polar surface area (TPSA) is 93.8 Å². The zero-order chi connectivity index (χ0) is 13.4. The van der Waals surface area contributed by atoms with Crippen LogP contribution in [-0.4, -0.2) is 23.1 Å². The molecule has 7 heteroatoms. The van der Waals surface area contributed by atoms with Crippen LogP contribution in [-0.2, 0) is 0 Å². The molecule has 0 aliphatic carbocycles. The minimum atomic E-state index is -1.17. The largest absolute Gasteiger partial charge is 0.465 e. The summed E-state index contributed by atoms with van der Waals surface area (Å²) < 4.78 is 15.6. The predicted molar refractivity (Wildman–Crippen MR) is 64.4 cm³/mol. The minimum Gasteiger partial charge on any atom is -0.465 e. The second kappa shape index (κ2) is 4.20. The van der Waals surface area contributed by atoms with Gasteiger partial charge in [0.05, 0.1) is 0 Å². The molecule has 0 unspecified atom stereocenters. The van der Waals surface area contributed by atoms with Crippen LogP contribution in [0.15, 0.2) is 22.7 Å². The second-order valence-electron chi connectivity index (χ2n) is 3.97. The molecular weight excluding hydrogens is 252 g/mol. The fourth-order valence-electron chi connectivity index (χ4n) is 1.86. The summed E-state index contributed by atoms with van der Waals surface area (Å²) in [5, 5.41) is 14.9. The van der Waals surface area contributed by atoms with Crippen molar-refractivity contribution in [1.29, 1.82) is 0 Å². The maximum absolute atomic E-state index is 10.8. The maximum atomic E-state index is 10.8. The van der Waals surface area contributed by atoms with Crippen molar-refractivity contribution in [2.45, 2.75) is 6.92 Å². The molecule has 0 radical (unpaired) electrons. The summed E-state index contributed by atoms with van der Waals surface area (Å²) in [7, 11) is 0. The van der Waals surface area contributed by atoms with E-state index in [1.165, 1.54) is 0 Å². The molecule has 1 aliphatic rings. The number of nitrogens with zero attached hydrogens (tertiary/aromatic N) is 1. The van der Waals surface area contributed by atoms with Crippen LogP contribution in [0.3, 0.4) is 0 Å². The molecule has 0 spiro atoms. The van der Waals surface area contributed by atoms with Gasteiger partial charge in [-0.15, -0.1) is 0 Å². The maximum Gasteiger partial charge on any atom is 0.409 e. The van der Waals surface area contributed by atoms with Gasteiger partial charge in [0.2, 0.25) is 6.79 Å². The van der Waals surface area contributed by atoms with Crippen LogP contribution >= 0.6 is 0 Å². The Labute approximate surface area is 107 Å². The van der Waals surface area contributed by atoms with E-state index in [2.05, 4.69) is 10.5 Å². The summed E-state index contributed by atoms with van der Waals surface area (Å²) >= 11 is 0. The third-order valence-electron chi connectivity index (χ3n) is 2.73. The van der Waals surface area contributed by atoms with E-state index in [-0.39, 0.29) is 6.79 Å². The van der Waals surface area contributed by atoms with E-state index in [9.17, 15) is 4.79 Å². The first-order chi connectivity index (χ1) is 9.15. The molecule has 0 atom stereocenters. The molecule has 0 saturated heterocycles. The number of carboxylic acid groups (broad SMARTS) is 1. The molecule has 3 rings (SSSR count). The van der Waals surface area contributed by atoms with Gasteiger partial charge >= 0.3 is 6.09 Å². The summed E-state index contributed by atoms with van der Waals surface area (Å²) in [6.07, 6.45) is -1.17. The van der Waals surface area contributed by atoms with Gasteiger partial charge in [-0.1, -0.05) is 5.16 Å². The van der Waals surface area contributed by atoms with Crippen molar-refractivity contribution in [3.05, 3.63) is 23.9 Å². The highest BCUT2D eigenvalue weighted by molar-refractivity contribution is 5.89. The van der Waals surface area contributed by atoms with E-state index in [4.69, 9.17) is 19.1 Å². The highest BCUT2D eigenvalue weighted by Gasteiger charge is 2.20. The fourth-order valence-corrected chi connectivity index (χ4v) is 1.86. The Bertz CT molecular complexity index is 650. The van der Waals surface area contributed by atoms with Gasteiger partial charge in [0.15, 0.2) is 17.3 Å². The molecule has 19 heavy (non-hydrogen) atoms. The number of rotatable bonds is 2. The van der Waals surface area contributed by atoms with Gasteiger partial charge in [-0.05, 0) is 25.1 Å². The van der Waals surface area contributed by atoms with Crippen molar-refractivity contribution in [3.8, 4) is 22.8 Å². The van der Waals surface area contributed by atoms with Crippen LogP contribution in [0.2, 0.25) is 0 Å². The Balaban J connectivity index is 2.04. The van der Waals surface area contributed by atoms with Crippen LogP contribution in [0.5, 0.6) is 11.5 Å². The summed E-state index contributed by atoms with van der Waals surface area (Å²) in [5.74, 6) is 1.58. The number of ether oxygens (including phenoxy) is 2. The summed E-state index contributed by atoms with van der Waals surface area (Å²) in [4.78, 5) is 10.8. The fraction of sp³-hybridized carbons (Fsp3) is 0.167. The molecule has 0 saturated carbocycles. The SMILES string of the molecule is Cc1noc(-c2ccc3c(c2)OCO3)c1NC(=O)O. The van der Waals surface area contributed by atoms with Crippen LogP contribution in [0.1, 0.15) is 5.69 Å². The standard InChI is InChI=1S/C12H10N2O5/c1-6-10(13-12(15)16)11(19-14-6)7-2-3-8-9(4-7)18-5-17-8/h2-4,13H,5H2,1H3,(H,15,16). The van der Waals surface area contributed by atoms with E-state index in [0.29, 0.717) is 34.2 Å². The van der Waals surface area contributed by atoms with Crippen molar-refractivity contribution in [2.75, 3.05) is 12.1 Å². The lowest BCUT2D eigenvalue weighted by molar-refractivity contribution is 0.174. The Morgan fingerprint density at radius 2 is 2.16 bits per heavy atom. The van der Waals surface area contributed by atoms with Gasteiger partial charge in [-0.3, -0.25) is 5.32 Å². The average Bonchev–Trinajstić information content (AvgIpc) is 2.96. The predicted octanol–water partition coefficient (Wildman–Crippen LogP) is 2.47. The molecule has 1 aromatic heterocycles. The molecule has 0 fully saturated rings. The summed E-state index contributed by atoms with van der Waals surface area (Å²) in [6.45, 7) is 1.83. The lowest BCUT2D eigenvalue weighted by atomic mass is 10.1. The molecule has 98 valence electrons. The van der Waals surface area contributed by atoms with Gasteiger partial charge in [0.25, 0.3) is 0 Å². The highest BCUT2D eigenvalue weighted by atomic mass is 16.7. The van der Waals surface area contributed by atoms with Crippen LogP contribution in [0.4, 0.5) is 10.5 Å². The summed E-state index contributed by atoms with van der Waals surface area (Å²) in [6, 6.07) is 5.20. The molecule has 2 N–H and O–H groups in total. The number of aryl methyl sites for hydroxylation is 1. The van der Waals surface area contributed by atoms with Crippen molar-refractivity contribution in [1.82, 2.24) is 5.16 Å². The molecule has 2 heterocycles. The number of fused-ring (bicyclic) bond motifs is 1. The molecule has 1 amide bonds. The lowest BCUT2D eigenvalue weighted by Gasteiger charge is -2.03. The second-order valence-corrected chi connectivity index (χ2v) is 3.97. The Kier molecular flexibility index (Phi) is 2.52. The Morgan fingerprint density at radius 1 is 1.37 bits per heavy atom. The number of amides is 1. The smallest absolute Gasteiger partial charge is 0.409 e. The number of hydrogen-bond acceptors (Lipinski definition) is 5. The van der Waals surface area contributed by atoms with Crippen LogP contribution in [0.25, 0.3) is 11.3 Å². The zero-order valence-corrected chi connectivity index (χ0v) is 9.97. The molecule has 2 aromatic rings. The number of benzene rings is 1. The van der Waals surface area contributed by atoms with Crippen molar-refractivity contribution < 1.29 is 23.9 Å². The van der Waals surface area contributed by atoms with E-state index in [0.717, 1.165) is 0 Å². The molecule has 1 aromatic carbocycles. The van der Waals surface area contributed by atoms with E-state index >= 15 is 0 Å². The lowest BCUT2D eigenvalue weighted by Crippen LogP contribution is -2.08. The van der Waals surface area contributed by atoms with Crippen molar-refractivity contribution in [2.24, 2.45) is 0 Å². The third kappa shape index (κ3) is 1.95. The number of nitrogens with one attached hydrogen (secondary N) is 1. The first-order valence-electron chi connectivity index (χ1n) is 5.51. The first-order valence-corrected chi connectivity index (χ1v) is 5.51. The highest BCUT2D eigenvalue weighted by Crippen LogP contribution is 2.38. The normalized spacial score (nSPS) is 12.5. The van der Waals surface area contributed by atoms with Gasteiger partial charge in [0, 0.05) is 5.56 Å². The van der Waals surface area contributed by atoms with E-state index in [1.54, 1.807) is 25.1 Å². The molecule has 1 aliphatic heterocycles. The Hall–Kier alpha value is -2.70.